The first-order chi connectivity index (χ1) is 19.4. The molecular formula is C31H36FN3O5. The molecule has 0 bridgehead atoms. The van der Waals surface area contributed by atoms with E-state index in [1.54, 1.807) is 40.6 Å². The lowest BCUT2D eigenvalue weighted by atomic mass is 9.88. The van der Waals surface area contributed by atoms with Gasteiger partial charge in [0, 0.05) is 38.4 Å². The van der Waals surface area contributed by atoms with Crippen LogP contribution in [0.1, 0.15) is 22.7 Å². The maximum Gasteiger partial charge on any atom is 0.320 e. The van der Waals surface area contributed by atoms with Gasteiger partial charge >= 0.3 is 6.03 Å². The van der Waals surface area contributed by atoms with Crippen LogP contribution in [0, 0.1) is 5.82 Å². The van der Waals surface area contributed by atoms with Crippen LogP contribution in [0.3, 0.4) is 0 Å². The highest BCUT2D eigenvalue weighted by atomic mass is 19.1. The molecule has 0 N–H and O–H groups in total. The molecule has 1 saturated heterocycles. The Kier molecular flexibility index (Phi) is 8.19. The van der Waals surface area contributed by atoms with E-state index in [0.29, 0.717) is 68.6 Å². The van der Waals surface area contributed by atoms with Crippen molar-refractivity contribution in [2.24, 2.45) is 0 Å². The third-order valence-corrected chi connectivity index (χ3v) is 7.85. The number of methoxy groups -OCH3 is 4. The standard InChI is InChI=1S/C31H36FN3O5/c1-37-27-9-8-21(17-28(27)38-2)16-26-25-20-30(40-4)29(39-3)18-22(25)10-11-35(26)31(36)34-14-12-33(13-15-34)24-7-5-6-23(32)19-24/h5-9,17-20,26H,10-16H2,1-4H3. The van der Waals surface area contributed by atoms with Crippen molar-refractivity contribution in [1.82, 2.24) is 9.80 Å². The van der Waals surface area contributed by atoms with E-state index in [1.165, 1.54) is 6.07 Å². The van der Waals surface area contributed by atoms with Gasteiger partial charge < -0.3 is 33.6 Å². The van der Waals surface area contributed by atoms with Crippen molar-refractivity contribution in [2.75, 3.05) is 66.1 Å². The fraction of sp³-hybridized carbons (Fsp3) is 0.387. The van der Waals surface area contributed by atoms with Crippen LogP contribution >= 0.6 is 0 Å². The van der Waals surface area contributed by atoms with Gasteiger partial charge in [-0.3, -0.25) is 0 Å². The van der Waals surface area contributed by atoms with E-state index in [2.05, 4.69) is 4.90 Å². The number of carbonyl (C=O) groups excluding carboxylic acids is 1. The van der Waals surface area contributed by atoms with Crippen LogP contribution in [0.4, 0.5) is 14.9 Å². The minimum atomic E-state index is -0.256. The summed E-state index contributed by atoms with van der Waals surface area (Å²) < 4.78 is 35.9. The average Bonchev–Trinajstić information content (AvgIpc) is 3.00. The number of carbonyl (C=O) groups is 1. The van der Waals surface area contributed by atoms with Crippen molar-refractivity contribution in [3.63, 3.8) is 0 Å². The summed E-state index contributed by atoms with van der Waals surface area (Å²) in [5.74, 6) is 2.37. The largest absolute Gasteiger partial charge is 0.493 e. The van der Waals surface area contributed by atoms with E-state index in [-0.39, 0.29) is 17.9 Å². The summed E-state index contributed by atoms with van der Waals surface area (Å²) >= 11 is 0. The van der Waals surface area contributed by atoms with Gasteiger partial charge in [0.25, 0.3) is 0 Å². The molecule has 9 heteroatoms. The predicted molar refractivity (Wildman–Crippen MR) is 152 cm³/mol. The van der Waals surface area contributed by atoms with Crippen molar-refractivity contribution < 1.29 is 28.1 Å². The van der Waals surface area contributed by atoms with E-state index in [9.17, 15) is 9.18 Å². The first-order valence-electron chi connectivity index (χ1n) is 13.5. The molecule has 40 heavy (non-hydrogen) atoms. The Labute approximate surface area is 234 Å². The highest BCUT2D eigenvalue weighted by Crippen LogP contribution is 2.41. The van der Waals surface area contributed by atoms with E-state index in [1.807, 2.05) is 46.2 Å². The molecule has 0 aliphatic carbocycles. The monoisotopic (exact) mass is 549 g/mol. The Morgan fingerprint density at radius 2 is 1.48 bits per heavy atom. The average molecular weight is 550 g/mol. The molecule has 2 amide bonds. The van der Waals surface area contributed by atoms with Crippen molar-refractivity contribution in [3.05, 3.63) is 77.1 Å². The van der Waals surface area contributed by atoms with Crippen molar-refractivity contribution in [1.29, 1.82) is 0 Å². The summed E-state index contributed by atoms with van der Waals surface area (Å²) in [4.78, 5) is 20.0. The van der Waals surface area contributed by atoms with Crippen LogP contribution in [-0.4, -0.2) is 77.0 Å². The van der Waals surface area contributed by atoms with Crippen LogP contribution in [0.5, 0.6) is 23.0 Å². The summed E-state index contributed by atoms with van der Waals surface area (Å²) in [6.07, 6.45) is 1.31. The molecule has 1 fully saturated rings. The molecule has 3 aromatic carbocycles. The Hall–Kier alpha value is -4.14. The van der Waals surface area contributed by atoms with Crippen LogP contribution < -0.4 is 23.8 Å². The first-order valence-corrected chi connectivity index (χ1v) is 13.5. The first kappa shape index (κ1) is 27.4. The molecular weight excluding hydrogens is 513 g/mol. The smallest absolute Gasteiger partial charge is 0.320 e. The van der Waals surface area contributed by atoms with Gasteiger partial charge in [-0.25, -0.2) is 9.18 Å². The summed E-state index contributed by atoms with van der Waals surface area (Å²) in [5.41, 5.74) is 4.05. The second kappa shape index (κ2) is 11.9. The quantitative estimate of drug-likeness (QED) is 0.416. The maximum atomic E-state index is 14.0. The number of urea groups is 1. The number of amides is 2. The normalized spacial score (nSPS) is 16.8. The van der Waals surface area contributed by atoms with Gasteiger partial charge in [0.2, 0.25) is 0 Å². The summed E-state index contributed by atoms with van der Waals surface area (Å²) in [7, 11) is 6.49. The summed E-state index contributed by atoms with van der Waals surface area (Å²) in [6.45, 7) is 3.00. The maximum absolute atomic E-state index is 14.0. The topological polar surface area (TPSA) is 63.7 Å². The molecule has 0 radical (unpaired) electrons. The Bertz CT molecular complexity index is 1360. The third-order valence-electron chi connectivity index (χ3n) is 7.85. The Morgan fingerprint density at radius 1 is 0.800 bits per heavy atom. The van der Waals surface area contributed by atoms with Gasteiger partial charge in [-0.05, 0) is 72.0 Å². The summed E-state index contributed by atoms with van der Waals surface area (Å²) in [6, 6.07) is 16.3. The lowest BCUT2D eigenvalue weighted by molar-refractivity contribution is 0.125. The van der Waals surface area contributed by atoms with Crippen LogP contribution in [0.25, 0.3) is 0 Å². The number of hydrogen-bond acceptors (Lipinski definition) is 6. The molecule has 212 valence electrons. The number of benzene rings is 3. The van der Waals surface area contributed by atoms with Gasteiger partial charge in [-0.2, -0.15) is 0 Å². The van der Waals surface area contributed by atoms with E-state index < -0.39 is 0 Å². The number of anilines is 1. The van der Waals surface area contributed by atoms with E-state index in [4.69, 9.17) is 18.9 Å². The minimum Gasteiger partial charge on any atom is -0.493 e. The number of ether oxygens (including phenoxy) is 4. The second-order valence-corrected chi connectivity index (χ2v) is 10.00. The zero-order valence-corrected chi connectivity index (χ0v) is 23.5. The molecule has 5 rings (SSSR count). The zero-order valence-electron chi connectivity index (χ0n) is 23.5. The second-order valence-electron chi connectivity index (χ2n) is 10.00. The molecule has 2 aliphatic heterocycles. The highest BCUT2D eigenvalue weighted by molar-refractivity contribution is 5.76. The van der Waals surface area contributed by atoms with Gasteiger partial charge in [0.1, 0.15) is 5.82 Å². The number of rotatable bonds is 7. The molecule has 2 heterocycles. The van der Waals surface area contributed by atoms with Gasteiger partial charge in [0.15, 0.2) is 23.0 Å². The van der Waals surface area contributed by atoms with Crippen molar-refractivity contribution >= 4 is 11.7 Å². The van der Waals surface area contributed by atoms with E-state index >= 15 is 0 Å². The number of halogens is 1. The van der Waals surface area contributed by atoms with Gasteiger partial charge in [0.05, 0.1) is 34.5 Å². The number of nitrogens with zero attached hydrogens (tertiary/aromatic N) is 3. The number of fused-ring (bicyclic) bond motifs is 1. The predicted octanol–water partition coefficient (Wildman–Crippen LogP) is 4.94. The van der Waals surface area contributed by atoms with Crippen molar-refractivity contribution in [2.45, 2.75) is 18.9 Å². The number of hydrogen-bond donors (Lipinski definition) is 0. The minimum absolute atomic E-state index is 0.00445. The fourth-order valence-corrected chi connectivity index (χ4v) is 5.72. The SMILES string of the molecule is COc1ccc(CC2c3cc(OC)c(OC)cc3CCN2C(=O)N2CCN(c3cccc(F)c3)CC2)cc1OC. The molecule has 0 spiro atoms. The van der Waals surface area contributed by atoms with Crippen LogP contribution in [0.2, 0.25) is 0 Å². The molecule has 3 aromatic rings. The third kappa shape index (κ3) is 5.46. The zero-order chi connectivity index (χ0) is 28.2. The number of piperazine rings is 1. The Morgan fingerprint density at radius 3 is 2.15 bits per heavy atom. The molecule has 1 atom stereocenters. The van der Waals surface area contributed by atoms with Gasteiger partial charge in [-0.1, -0.05) is 12.1 Å². The fourth-order valence-electron chi connectivity index (χ4n) is 5.72. The Balaban J connectivity index is 1.42. The lowest BCUT2D eigenvalue weighted by Gasteiger charge is -2.43. The lowest BCUT2D eigenvalue weighted by Crippen LogP contribution is -2.54. The van der Waals surface area contributed by atoms with Crippen LogP contribution in [-0.2, 0) is 12.8 Å². The van der Waals surface area contributed by atoms with Gasteiger partial charge in [-0.15, -0.1) is 0 Å². The molecule has 1 unspecified atom stereocenters. The highest BCUT2D eigenvalue weighted by Gasteiger charge is 2.35. The van der Waals surface area contributed by atoms with E-state index in [0.717, 1.165) is 22.4 Å². The van der Waals surface area contributed by atoms with Crippen molar-refractivity contribution in [3.8, 4) is 23.0 Å². The van der Waals surface area contributed by atoms with Crippen LogP contribution in [0.15, 0.2) is 54.6 Å². The molecule has 0 aromatic heterocycles. The summed E-state index contributed by atoms with van der Waals surface area (Å²) in [5, 5.41) is 0. The molecule has 0 saturated carbocycles. The molecule has 8 nitrogen and oxygen atoms in total. The molecule has 2 aliphatic rings.